The highest BCUT2D eigenvalue weighted by molar-refractivity contribution is 6.51. The summed E-state index contributed by atoms with van der Waals surface area (Å²) >= 11 is 0. The van der Waals surface area contributed by atoms with E-state index in [9.17, 15) is 14.7 Å². The van der Waals surface area contributed by atoms with Gasteiger partial charge in [-0.1, -0.05) is 30.3 Å². The van der Waals surface area contributed by atoms with Crippen molar-refractivity contribution in [3.63, 3.8) is 0 Å². The molecule has 0 bridgehead atoms. The number of aliphatic hydroxyl groups is 1. The number of hydrogen-bond acceptors (Lipinski definition) is 7. The van der Waals surface area contributed by atoms with Crippen molar-refractivity contribution >= 4 is 23.1 Å². The average molecular weight is 504 g/mol. The molecule has 4 rings (SSSR count). The molecule has 1 aliphatic heterocycles. The minimum atomic E-state index is -0.888. The minimum Gasteiger partial charge on any atom is -0.507 e. The second kappa shape index (κ2) is 11.1. The van der Waals surface area contributed by atoms with Gasteiger partial charge in [-0.3, -0.25) is 14.5 Å². The fourth-order valence-electron chi connectivity index (χ4n) is 4.38. The Labute approximate surface area is 215 Å². The second-order valence-corrected chi connectivity index (χ2v) is 8.14. The van der Waals surface area contributed by atoms with Gasteiger partial charge in [-0.15, -0.1) is 0 Å². The quantitative estimate of drug-likeness (QED) is 0.246. The summed E-state index contributed by atoms with van der Waals surface area (Å²) in [5.74, 6) is -0.118. The lowest BCUT2D eigenvalue weighted by atomic mass is 9.95. The Kier molecular flexibility index (Phi) is 7.67. The SMILES string of the molecule is CCOc1ccc(N2C(=O)C(=O)/C(=C(\O)c3ccc(OC)cc3OC)C2c2ccccc2)cc1OCC. The number of ether oxygens (including phenoxy) is 4. The van der Waals surface area contributed by atoms with Crippen LogP contribution < -0.4 is 23.8 Å². The molecule has 37 heavy (non-hydrogen) atoms. The van der Waals surface area contributed by atoms with Gasteiger partial charge in [-0.25, -0.2) is 0 Å². The summed E-state index contributed by atoms with van der Waals surface area (Å²) in [6.45, 7) is 4.55. The molecule has 1 amide bonds. The number of anilines is 1. The van der Waals surface area contributed by atoms with E-state index >= 15 is 0 Å². The molecular formula is C29H29NO7. The largest absolute Gasteiger partial charge is 0.507 e. The topological polar surface area (TPSA) is 94.5 Å². The maximum absolute atomic E-state index is 13.5. The Bertz CT molecular complexity index is 1330. The van der Waals surface area contributed by atoms with Gasteiger partial charge in [-0.05, 0) is 43.7 Å². The number of hydrogen-bond donors (Lipinski definition) is 1. The highest BCUT2D eigenvalue weighted by Gasteiger charge is 2.47. The lowest BCUT2D eigenvalue weighted by molar-refractivity contribution is -0.132. The zero-order valence-electron chi connectivity index (χ0n) is 21.2. The van der Waals surface area contributed by atoms with Crippen LogP contribution in [0.1, 0.15) is 31.0 Å². The Balaban J connectivity index is 1.93. The van der Waals surface area contributed by atoms with E-state index in [0.29, 0.717) is 47.5 Å². The van der Waals surface area contributed by atoms with Crippen LogP contribution in [-0.2, 0) is 9.59 Å². The Hall–Kier alpha value is -4.46. The van der Waals surface area contributed by atoms with Crippen LogP contribution in [0.5, 0.6) is 23.0 Å². The summed E-state index contributed by atoms with van der Waals surface area (Å²) in [5, 5.41) is 11.4. The van der Waals surface area contributed by atoms with E-state index in [0.717, 1.165) is 0 Å². The van der Waals surface area contributed by atoms with Crippen LogP contribution in [0, 0.1) is 0 Å². The fourth-order valence-corrected chi connectivity index (χ4v) is 4.38. The monoisotopic (exact) mass is 503 g/mol. The lowest BCUT2D eigenvalue weighted by Crippen LogP contribution is -2.29. The standard InChI is InChI=1S/C29H29NO7/c1-5-36-22-15-12-19(16-24(22)37-6-2)30-26(18-10-8-7-9-11-18)25(28(32)29(30)33)27(31)21-14-13-20(34-3)17-23(21)35-4/h7-17,26,31H,5-6H2,1-4H3/b27-25-. The van der Waals surface area contributed by atoms with Crippen molar-refractivity contribution in [3.8, 4) is 23.0 Å². The first-order chi connectivity index (χ1) is 17.9. The van der Waals surface area contributed by atoms with Gasteiger partial charge in [0, 0.05) is 17.8 Å². The van der Waals surface area contributed by atoms with Gasteiger partial charge in [0.15, 0.2) is 11.5 Å². The Morgan fingerprint density at radius 2 is 1.54 bits per heavy atom. The summed E-state index contributed by atoms with van der Waals surface area (Å²) in [5.41, 5.74) is 1.31. The Morgan fingerprint density at radius 3 is 2.19 bits per heavy atom. The molecule has 8 heteroatoms. The predicted octanol–water partition coefficient (Wildman–Crippen LogP) is 5.13. The molecule has 0 saturated carbocycles. The molecule has 1 heterocycles. The third-order valence-electron chi connectivity index (χ3n) is 6.03. The number of nitrogens with zero attached hydrogens (tertiary/aromatic N) is 1. The van der Waals surface area contributed by atoms with Gasteiger partial charge >= 0.3 is 0 Å². The first-order valence-electron chi connectivity index (χ1n) is 11.9. The molecule has 0 spiro atoms. The van der Waals surface area contributed by atoms with Crippen LogP contribution in [0.15, 0.2) is 72.3 Å². The molecule has 0 aromatic heterocycles. The van der Waals surface area contributed by atoms with Crippen molar-refractivity contribution in [1.29, 1.82) is 0 Å². The molecule has 1 saturated heterocycles. The lowest BCUT2D eigenvalue weighted by Gasteiger charge is -2.26. The molecule has 0 aliphatic carbocycles. The molecular weight excluding hydrogens is 474 g/mol. The zero-order chi connectivity index (χ0) is 26.5. The van der Waals surface area contributed by atoms with E-state index in [-0.39, 0.29) is 16.9 Å². The molecule has 1 aliphatic rings. The molecule has 192 valence electrons. The molecule has 0 radical (unpaired) electrons. The number of carbonyl (C=O) groups excluding carboxylic acids is 2. The maximum atomic E-state index is 13.5. The number of carbonyl (C=O) groups is 2. The molecule has 8 nitrogen and oxygen atoms in total. The van der Waals surface area contributed by atoms with E-state index in [1.807, 2.05) is 32.0 Å². The third-order valence-corrected chi connectivity index (χ3v) is 6.03. The van der Waals surface area contributed by atoms with Gasteiger partial charge in [0.25, 0.3) is 11.7 Å². The van der Waals surface area contributed by atoms with E-state index in [1.54, 1.807) is 48.5 Å². The smallest absolute Gasteiger partial charge is 0.300 e. The molecule has 3 aromatic rings. The second-order valence-electron chi connectivity index (χ2n) is 8.14. The van der Waals surface area contributed by atoms with Gasteiger partial charge in [0.1, 0.15) is 17.3 Å². The zero-order valence-corrected chi connectivity index (χ0v) is 21.2. The molecule has 3 aromatic carbocycles. The molecule has 1 N–H and O–H groups in total. The number of aliphatic hydroxyl groups excluding tert-OH is 1. The predicted molar refractivity (Wildman–Crippen MR) is 140 cm³/mol. The van der Waals surface area contributed by atoms with Crippen molar-refractivity contribution in [2.75, 3.05) is 32.3 Å². The molecule has 1 fully saturated rings. The van der Waals surface area contributed by atoms with Gasteiger partial charge in [-0.2, -0.15) is 0 Å². The number of benzene rings is 3. The fraction of sp³-hybridized carbons (Fsp3) is 0.241. The van der Waals surface area contributed by atoms with Crippen LogP contribution in [0.25, 0.3) is 5.76 Å². The number of rotatable bonds is 9. The van der Waals surface area contributed by atoms with Crippen LogP contribution in [0.3, 0.4) is 0 Å². The minimum absolute atomic E-state index is 0.0495. The molecule has 1 unspecified atom stereocenters. The van der Waals surface area contributed by atoms with Gasteiger partial charge in [0.05, 0.1) is 44.6 Å². The average Bonchev–Trinajstić information content (AvgIpc) is 3.19. The van der Waals surface area contributed by atoms with Crippen molar-refractivity contribution < 1.29 is 33.6 Å². The highest BCUT2D eigenvalue weighted by atomic mass is 16.5. The number of ketones is 1. The summed E-state index contributed by atoms with van der Waals surface area (Å²) < 4.78 is 22.1. The summed E-state index contributed by atoms with van der Waals surface area (Å²) in [4.78, 5) is 28.3. The summed E-state index contributed by atoms with van der Waals surface area (Å²) in [6, 6.07) is 18.1. The van der Waals surface area contributed by atoms with Crippen LogP contribution in [-0.4, -0.2) is 44.2 Å². The highest BCUT2D eigenvalue weighted by Crippen LogP contribution is 2.45. The van der Waals surface area contributed by atoms with E-state index in [1.165, 1.54) is 19.1 Å². The van der Waals surface area contributed by atoms with Crippen molar-refractivity contribution in [3.05, 3.63) is 83.4 Å². The Morgan fingerprint density at radius 1 is 0.838 bits per heavy atom. The number of Topliss-reactive ketones (excluding diaryl/α,β-unsaturated/α-hetero) is 1. The maximum Gasteiger partial charge on any atom is 0.300 e. The number of amides is 1. The van der Waals surface area contributed by atoms with Crippen molar-refractivity contribution in [1.82, 2.24) is 0 Å². The van der Waals surface area contributed by atoms with E-state index < -0.39 is 17.7 Å². The van der Waals surface area contributed by atoms with Crippen LogP contribution in [0.4, 0.5) is 5.69 Å². The third kappa shape index (κ3) is 4.82. The van der Waals surface area contributed by atoms with E-state index in [4.69, 9.17) is 18.9 Å². The van der Waals surface area contributed by atoms with Gasteiger partial charge < -0.3 is 24.1 Å². The van der Waals surface area contributed by atoms with Gasteiger partial charge in [0.2, 0.25) is 0 Å². The van der Waals surface area contributed by atoms with E-state index in [2.05, 4.69) is 0 Å². The van der Waals surface area contributed by atoms with Crippen molar-refractivity contribution in [2.45, 2.75) is 19.9 Å². The summed E-state index contributed by atoms with van der Waals surface area (Å²) in [6.07, 6.45) is 0. The van der Waals surface area contributed by atoms with Crippen molar-refractivity contribution in [2.24, 2.45) is 0 Å². The molecule has 1 atom stereocenters. The van der Waals surface area contributed by atoms with Crippen LogP contribution >= 0.6 is 0 Å². The summed E-state index contributed by atoms with van der Waals surface area (Å²) in [7, 11) is 2.97. The first kappa shape index (κ1) is 25.6. The first-order valence-corrected chi connectivity index (χ1v) is 11.9. The normalized spacial score (nSPS) is 16.5. The number of methoxy groups -OCH3 is 2. The van der Waals surface area contributed by atoms with Crippen LogP contribution in [0.2, 0.25) is 0 Å².